The largest absolute Gasteiger partial charge is 0.481 e. The topological polar surface area (TPSA) is 63.1 Å². The Bertz CT molecular complexity index is 821. The first-order chi connectivity index (χ1) is 11.1. The molecule has 3 aromatic rings. The maximum Gasteiger partial charge on any atom is 0.304 e. The lowest BCUT2D eigenvalue weighted by molar-refractivity contribution is -0.137. The van der Waals surface area contributed by atoms with Gasteiger partial charge in [0.15, 0.2) is 0 Å². The third-order valence-electron chi connectivity index (χ3n) is 3.50. The van der Waals surface area contributed by atoms with Crippen LogP contribution in [0.3, 0.4) is 0 Å². The van der Waals surface area contributed by atoms with Crippen LogP contribution >= 0.6 is 22.9 Å². The van der Waals surface area contributed by atoms with Crippen LogP contribution in [0.5, 0.6) is 0 Å². The summed E-state index contributed by atoms with van der Waals surface area (Å²) in [7, 11) is 0. The molecule has 3 rings (SSSR count). The van der Waals surface area contributed by atoms with E-state index in [1.165, 1.54) is 11.3 Å². The van der Waals surface area contributed by atoms with Crippen LogP contribution in [0.4, 0.5) is 0 Å². The van der Waals surface area contributed by atoms with Gasteiger partial charge in [0.25, 0.3) is 0 Å². The predicted molar refractivity (Wildman–Crippen MR) is 90.9 cm³/mol. The number of nitrogens with zero attached hydrogens (tertiary/aromatic N) is 2. The third-order valence-corrected chi connectivity index (χ3v) is 4.69. The molecule has 0 radical (unpaired) electrons. The second-order valence-electron chi connectivity index (χ2n) is 5.00. The van der Waals surface area contributed by atoms with E-state index in [4.69, 9.17) is 11.6 Å². The lowest BCUT2D eigenvalue weighted by Gasteiger charge is -2.14. The van der Waals surface area contributed by atoms with Crippen LogP contribution in [0.2, 0.25) is 5.02 Å². The number of carboxylic acids is 1. The van der Waals surface area contributed by atoms with Gasteiger partial charge in [-0.25, -0.2) is 4.98 Å². The van der Waals surface area contributed by atoms with E-state index in [1.54, 1.807) is 18.6 Å². The van der Waals surface area contributed by atoms with Gasteiger partial charge in [0, 0.05) is 35.5 Å². The number of aliphatic carboxylic acids is 1. The van der Waals surface area contributed by atoms with E-state index in [9.17, 15) is 9.90 Å². The van der Waals surface area contributed by atoms with Crippen LogP contribution in [0.25, 0.3) is 11.1 Å². The summed E-state index contributed by atoms with van der Waals surface area (Å²) in [6.45, 7) is 0. The zero-order chi connectivity index (χ0) is 16.2. The van der Waals surface area contributed by atoms with Gasteiger partial charge >= 0.3 is 5.97 Å². The molecule has 6 heteroatoms. The molecule has 4 nitrogen and oxygen atoms in total. The number of carboxylic acid groups (broad SMARTS) is 1. The summed E-state index contributed by atoms with van der Waals surface area (Å²) in [5.74, 6) is -1.12. The molecule has 1 atom stereocenters. The first-order valence-corrected chi connectivity index (χ1v) is 8.22. The Morgan fingerprint density at radius 1 is 1.30 bits per heavy atom. The van der Waals surface area contributed by atoms with Gasteiger partial charge in [-0.2, -0.15) is 0 Å². The van der Waals surface area contributed by atoms with Crippen molar-refractivity contribution in [3.8, 4) is 11.1 Å². The van der Waals surface area contributed by atoms with Gasteiger partial charge in [0.05, 0.1) is 11.4 Å². The summed E-state index contributed by atoms with van der Waals surface area (Å²) in [5, 5.41) is 12.4. The molecule has 1 N–H and O–H groups in total. The van der Waals surface area contributed by atoms with Crippen LogP contribution in [-0.4, -0.2) is 21.0 Å². The summed E-state index contributed by atoms with van der Waals surface area (Å²) in [6.07, 6.45) is 4.97. The number of carbonyl (C=O) groups is 1. The monoisotopic (exact) mass is 344 g/mol. The number of hydrogen-bond donors (Lipinski definition) is 1. The van der Waals surface area contributed by atoms with Crippen molar-refractivity contribution in [2.45, 2.75) is 12.3 Å². The average molecular weight is 345 g/mol. The van der Waals surface area contributed by atoms with Gasteiger partial charge in [-0.05, 0) is 17.2 Å². The second-order valence-corrected chi connectivity index (χ2v) is 6.34. The lowest BCUT2D eigenvalue weighted by Crippen LogP contribution is -2.07. The molecular weight excluding hydrogens is 332 g/mol. The Labute approximate surface area is 142 Å². The molecule has 1 unspecified atom stereocenters. The Morgan fingerprint density at radius 2 is 2.17 bits per heavy atom. The maximum atomic E-state index is 11.2. The van der Waals surface area contributed by atoms with Crippen molar-refractivity contribution in [1.82, 2.24) is 9.97 Å². The summed E-state index contributed by atoms with van der Waals surface area (Å²) < 4.78 is 0. The van der Waals surface area contributed by atoms with E-state index >= 15 is 0 Å². The molecule has 0 saturated heterocycles. The minimum absolute atomic E-state index is 0.00104. The minimum atomic E-state index is -0.849. The Kier molecular flexibility index (Phi) is 4.69. The fourth-order valence-electron chi connectivity index (χ4n) is 2.46. The van der Waals surface area contributed by atoms with Gasteiger partial charge in [-0.15, -0.1) is 11.3 Å². The van der Waals surface area contributed by atoms with Gasteiger partial charge in [0.2, 0.25) is 0 Å². The number of rotatable bonds is 5. The highest BCUT2D eigenvalue weighted by atomic mass is 35.5. The zero-order valence-electron chi connectivity index (χ0n) is 12.0. The highest BCUT2D eigenvalue weighted by Gasteiger charge is 2.20. The Morgan fingerprint density at radius 3 is 2.87 bits per heavy atom. The van der Waals surface area contributed by atoms with Crippen LogP contribution in [0.15, 0.2) is 54.3 Å². The standard InChI is InChI=1S/C17H13ClN2O2S/c18-15-10-19-5-4-13(15)11-2-1-3-12(8-11)14(9-16(21)22)17-20-6-7-23-17/h1-8,10,14H,9H2,(H,21,22). The number of thiazole rings is 1. The number of hydrogen-bond acceptors (Lipinski definition) is 4. The van der Waals surface area contributed by atoms with Crippen molar-refractivity contribution in [3.63, 3.8) is 0 Å². The molecule has 2 heterocycles. The first-order valence-electron chi connectivity index (χ1n) is 6.96. The van der Waals surface area contributed by atoms with E-state index in [1.807, 2.05) is 35.7 Å². The zero-order valence-corrected chi connectivity index (χ0v) is 13.6. The molecule has 0 aliphatic rings. The summed E-state index contributed by atoms with van der Waals surface area (Å²) in [5.41, 5.74) is 2.71. The molecule has 0 spiro atoms. The summed E-state index contributed by atoms with van der Waals surface area (Å²) in [4.78, 5) is 19.5. The minimum Gasteiger partial charge on any atom is -0.481 e. The van der Waals surface area contributed by atoms with Gasteiger partial charge in [-0.3, -0.25) is 9.78 Å². The average Bonchev–Trinajstić information content (AvgIpc) is 3.07. The number of aromatic nitrogens is 2. The smallest absolute Gasteiger partial charge is 0.304 e. The molecule has 0 aliphatic carbocycles. The fraction of sp³-hybridized carbons (Fsp3) is 0.118. The predicted octanol–water partition coefficient (Wildman–Crippen LogP) is 4.47. The second kappa shape index (κ2) is 6.89. The lowest BCUT2D eigenvalue weighted by atomic mass is 9.93. The van der Waals surface area contributed by atoms with E-state index in [2.05, 4.69) is 9.97 Å². The van der Waals surface area contributed by atoms with Crippen LogP contribution in [-0.2, 0) is 4.79 Å². The molecule has 2 aromatic heterocycles. The van der Waals surface area contributed by atoms with Gasteiger partial charge in [0.1, 0.15) is 5.01 Å². The van der Waals surface area contributed by atoms with Crippen LogP contribution in [0, 0.1) is 0 Å². The van der Waals surface area contributed by atoms with Gasteiger partial charge in [-0.1, -0.05) is 35.9 Å². The molecular formula is C17H13ClN2O2S. The Balaban J connectivity index is 2.03. The third kappa shape index (κ3) is 3.57. The van der Waals surface area contributed by atoms with Crippen molar-refractivity contribution in [1.29, 1.82) is 0 Å². The summed E-state index contributed by atoms with van der Waals surface area (Å²) in [6, 6.07) is 9.59. The number of benzene rings is 1. The van der Waals surface area contributed by atoms with Crippen molar-refractivity contribution >= 4 is 28.9 Å². The van der Waals surface area contributed by atoms with Crippen molar-refractivity contribution in [3.05, 3.63) is 69.9 Å². The molecule has 0 saturated carbocycles. The van der Waals surface area contributed by atoms with Crippen LogP contribution in [0.1, 0.15) is 22.9 Å². The molecule has 0 fully saturated rings. The molecule has 0 amide bonds. The molecule has 23 heavy (non-hydrogen) atoms. The van der Waals surface area contributed by atoms with Crippen molar-refractivity contribution in [2.24, 2.45) is 0 Å². The molecule has 116 valence electrons. The quantitative estimate of drug-likeness (QED) is 0.742. The highest BCUT2D eigenvalue weighted by molar-refractivity contribution is 7.09. The first kappa shape index (κ1) is 15.6. The van der Waals surface area contributed by atoms with E-state index in [0.29, 0.717) is 5.02 Å². The SMILES string of the molecule is O=C(O)CC(c1cccc(-c2ccncc2Cl)c1)c1nccs1. The number of halogens is 1. The van der Waals surface area contributed by atoms with Gasteiger partial charge < -0.3 is 5.11 Å². The van der Waals surface area contributed by atoms with E-state index in [-0.39, 0.29) is 12.3 Å². The molecule has 1 aromatic carbocycles. The Hall–Kier alpha value is -2.24. The molecule has 0 aliphatic heterocycles. The highest BCUT2D eigenvalue weighted by Crippen LogP contribution is 2.33. The van der Waals surface area contributed by atoms with E-state index in [0.717, 1.165) is 21.7 Å². The molecule has 0 bridgehead atoms. The van der Waals surface area contributed by atoms with Crippen LogP contribution < -0.4 is 0 Å². The van der Waals surface area contributed by atoms with Crippen molar-refractivity contribution in [2.75, 3.05) is 0 Å². The fourth-order valence-corrected chi connectivity index (χ4v) is 3.46. The van der Waals surface area contributed by atoms with Crippen molar-refractivity contribution < 1.29 is 9.90 Å². The summed E-state index contributed by atoms with van der Waals surface area (Å²) >= 11 is 7.67. The maximum absolute atomic E-state index is 11.2. The normalized spacial score (nSPS) is 12.0. The van der Waals surface area contributed by atoms with E-state index < -0.39 is 5.97 Å². The number of pyridine rings is 1.